The zero-order valence-corrected chi connectivity index (χ0v) is 12.8. The lowest BCUT2D eigenvalue weighted by Gasteiger charge is -2.19. The van der Waals surface area contributed by atoms with Crippen molar-refractivity contribution >= 4 is 15.9 Å². The van der Waals surface area contributed by atoms with E-state index in [1.165, 1.54) is 5.56 Å². The Morgan fingerprint density at radius 1 is 1.42 bits per heavy atom. The third-order valence-corrected chi connectivity index (χ3v) is 3.50. The van der Waals surface area contributed by atoms with Gasteiger partial charge in [-0.15, -0.1) is 0 Å². The number of aryl methyl sites for hydroxylation is 2. The molecule has 1 aromatic heterocycles. The van der Waals surface area contributed by atoms with Gasteiger partial charge in [-0.05, 0) is 42.7 Å². The molecule has 3 N–H and O–H groups in total. The lowest BCUT2D eigenvalue weighted by Crippen LogP contribution is -2.30. The molecule has 0 spiro atoms. The minimum absolute atomic E-state index is 0.0507. The van der Waals surface area contributed by atoms with Gasteiger partial charge in [0.05, 0.1) is 11.7 Å². The van der Waals surface area contributed by atoms with E-state index in [1.54, 1.807) is 0 Å². The fourth-order valence-corrected chi connectivity index (χ4v) is 2.90. The summed E-state index contributed by atoms with van der Waals surface area (Å²) >= 11 is 3.53. The number of aromatic nitrogens is 2. The Morgan fingerprint density at radius 3 is 2.84 bits per heavy atom. The van der Waals surface area contributed by atoms with Gasteiger partial charge in [0.25, 0.3) is 0 Å². The molecule has 4 nitrogen and oxygen atoms in total. The quantitative estimate of drug-likeness (QED) is 0.657. The molecule has 0 aliphatic heterocycles. The maximum Gasteiger partial charge on any atom is 0.0878 e. The first kappa shape index (κ1) is 14.2. The molecule has 102 valence electrons. The summed E-state index contributed by atoms with van der Waals surface area (Å²) in [4.78, 5) is 0. The largest absolute Gasteiger partial charge is 0.271 e. The third-order valence-electron chi connectivity index (χ3n) is 3.05. The van der Waals surface area contributed by atoms with Gasteiger partial charge in [0.2, 0.25) is 0 Å². The van der Waals surface area contributed by atoms with Gasteiger partial charge in [-0.3, -0.25) is 10.5 Å². The average molecular weight is 323 g/mol. The van der Waals surface area contributed by atoms with Gasteiger partial charge in [-0.1, -0.05) is 28.9 Å². The van der Waals surface area contributed by atoms with Crippen molar-refractivity contribution in [2.75, 3.05) is 0 Å². The first-order valence-corrected chi connectivity index (χ1v) is 7.20. The van der Waals surface area contributed by atoms with E-state index in [4.69, 9.17) is 5.84 Å². The molecule has 0 bridgehead atoms. The number of hydrogen-bond acceptors (Lipinski definition) is 3. The third kappa shape index (κ3) is 3.23. The van der Waals surface area contributed by atoms with Crippen molar-refractivity contribution in [2.24, 2.45) is 5.84 Å². The van der Waals surface area contributed by atoms with Crippen LogP contribution in [0.15, 0.2) is 34.9 Å². The van der Waals surface area contributed by atoms with Crippen LogP contribution >= 0.6 is 15.9 Å². The summed E-state index contributed by atoms with van der Waals surface area (Å²) in [5.41, 5.74) is 6.31. The second-order valence-electron chi connectivity index (χ2n) is 4.64. The lowest BCUT2D eigenvalue weighted by molar-refractivity contribution is 0.521. The number of benzene rings is 1. The maximum absolute atomic E-state index is 5.75. The van der Waals surface area contributed by atoms with Crippen LogP contribution in [-0.4, -0.2) is 9.78 Å². The Bertz CT molecular complexity index is 530. The smallest absolute Gasteiger partial charge is 0.0878 e. The zero-order chi connectivity index (χ0) is 13.8. The van der Waals surface area contributed by atoms with Gasteiger partial charge < -0.3 is 0 Å². The summed E-state index contributed by atoms with van der Waals surface area (Å²) < 4.78 is 3.06. The molecular weight excluding hydrogens is 304 g/mol. The van der Waals surface area contributed by atoms with E-state index >= 15 is 0 Å². The Morgan fingerprint density at radius 2 is 2.21 bits per heavy atom. The first-order valence-electron chi connectivity index (χ1n) is 6.40. The van der Waals surface area contributed by atoms with Crippen LogP contribution in [0.25, 0.3) is 0 Å². The van der Waals surface area contributed by atoms with Gasteiger partial charge in [-0.25, -0.2) is 5.43 Å². The lowest BCUT2D eigenvalue weighted by atomic mass is 10.0. The topological polar surface area (TPSA) is 55.9 Å². The van der Waals surface area contributed by atoms with Crippen LogP contribution in [0, 0.1) is 6.92 Å². The molecule has 0 aliphatic rings. The minimum atomic E-state index is -0.0507. The molecule has 0 saturated heterocycles. The summed E-state index contributed by atoms with van der Waals surface area (Å²) in [7, 11) is 0. The molecule has 1 aromatic carbocycles. The fourth-order valence-electron chi connectivity index (χ4n) is 2.27. The second-order valence-corrected chi connectivity index (χ2v) is 5.56. The molecule has 0 radical (unpaired) electrons. The predicted molar refractivity (Wildman–Crippen MR) is 80.6 cm³/mol. The number of hydrogen-bond donors (Lipinski definition) is 2. The van der Waals surface area contributed by atoms with Crippen LogP contribution in [0.1, 0.15) is 36.2 Å². The van der Waals surface area contributed by atoms with Crippen molar-refractivity contribution in [1.82, 2.24) is 15.2 Å². The highest BCUT2D eigenvalue weighted by Crippen LogP contribution is 2.25. The van der Waals surface area contributed by atoms with Crippen molar-refractivity contribution in [1.29, 1.82) is 0 Å². The van der Waals surface area contributed by atoms with Gasteiger partial charge >= 0.3 is 0 Å². The van der Waals surface area contributed by atoms with Gasteiger partial charge in [0, 0.05) is 17.2 Å². The molecule has 1 atom stereocenters. The molecule has 2 aromatic rings. The maximum atomic E-state index is 5.75. The number of rotatable bonds is 5. The van der Waals surface area contributed by atoms with Crippen LogP contribution in [-0.2, 0) is 6.54 Å². The number of nitrogens with zero attached hydrogens (tertiary/aromatic N) is 2. The van der Waals surface area contributed by atoms with Crippen molar-refractivity contribution in [3.8, 4) is 0 Å². The fraction of sp³-hybridized carbons (Fsp3) is 0.357. The minimum Gasteiger partial charge on any atom is -0.271 e. The normalized spacial score (nSPS) is 12.6. The highest BCUT2D eigenvalue weighted by atomic mass is 79.9. The molecule has 2 rings (SSSR count). The van der Waals surface area contributed by atoms with E-state index in [1.807, 2.05) is 16.9 Å². The average Bonchev–Trinajstić information content (AvgIpc) is 2.78. The van der Waals surface area contributed by atoms with Crippen LogP contribution < -0.4 is 11.3 Å². The molecule has 0 amide bonds. The molecular formula is C14H19BrN4. The van der Waals surface area contributed by atoms with Crippen molar-refractivity contribution in [2.45, 2.75) is 32.9 Å². The van der Waals surface area contributed by atoms with Crippen LogP contribution in [0.2, 0.25) is 0 Å². The van der Waals surface area contributed by atoms with Crippen LogP contribution in [0.5, 0.6) is 0 Å². The standard InChI is InChI=1S/C14H19BrN4/c1-3-6-19-13(4-5-17-19)14(18-16)11-7-10(2)8-12(15)9-11/h4-5,7-9,14,18H,3,6,16H2,1-2H3. The second kappa shape index (κ2) is 6.32. The summed E-state index contributed by atoms with van der Waals surface area (Å²) in [5, 5.41) is 4.35. The predicted octanol–water partition coefficient (Wildman–Crippen LogP) is 2.92. The van der Waals surface area contributed by atoms with Crippen molar-refractivity contribution < 1.29 is 0 Å². The van der Waals surface area contributed by atoms with Gasteiger partial charge in [-0.2, -0.15) is 5.10 Å². The summed E-state index contributed by atoms with van der Waals surface area (Å²) in [6.45, 7) is 5.11. The van der Waals surface area contributed by atoms with Gasteiger partial charge in [0.15, 0.2) is 0 Å². The van der Waals surface area contributed by atoms with E-state index < -0.39 is 0 Å². The van der Waals surface area contributed by atoms with E-state index in [0.29, 0.717) is 0 Å². The Hall–Kier alpha value is -1.17. The number of hydrazine groups is 1. The molecule has 0 fully saturated rings. The Kier molecular flexibility index (Phi) is 4.74. The number of nitrogens with two attached hydrogens (primary N) is 1. The zero-order valence-electron chi connectivity index (χ0n) is 11.2. The molecule has 19 heavy (non-hydrogen) atoms. The number of halogens is 1. The Balaban J connectivity index is 2.40. The monoisotopic (exact) mass is 322 g/mol. The van der Waals surface area contributed by atoms with E-state index in [9.17, 15) is 0 Å². The summed E-state index contributed by atoms with van der Waals surface area (Å²) in [5.74, 6) is 5.75. The van der Waals surface area contributed by atoms with Crippen molar-refractivity contribution in [3.05, 3.63) is 51.8 Å². The highest BCUT2D eigenvalue weighted by Gasteiger charge is 2.17. The molecule has 0 aliphatic carbocycles. The van der Waals surface area contributed by atoms with Crippen LogP contribution in [0.3, 0.4) is 0 Å². The van der Waals surface area contributed by atoms with Crippen molar-refractivity contribution in [3.63, 3.8) is 0 Å². The Labute approximate surface area is 122 Å². The molecule has 0 saturated carbocycles. The highest BCUT2D eigenvalue weighted by molar-refractivity contribution is 9.10. The first-order chi connectivity index (χ1) is 9.15. The van der Waals surface area contributed by atoms with Crippen LogP contribution in [0.4, 0.5) is 0 Å². The van der Waals surface area contributed by atoms with E-state index in [0.717, 1.165) is 28.7 Å². The molecule has 1 heterocycles. The number of nitrogens with one attached hydrogen (secondary N) is 1. The van der Waals surface area contributed by atoms with E-state index in [-0.39, 0.29) is 6.04 Å². The SMILES string of the molecule is CCCn1nccc1C(NN)c1cc(C)cc(Br)c1. The summed E-state index contributed by atoms with van der Waals surface area (Å²) in [6, 6.07) is 8.27. The molecule has 1 unspecified atom stereocenters. The molecule has 5 heteroatoms. The van der Waals surface area contributed by atoms with Gasteiger partial charge in [0.1, 0.15) is 0 Å². The summed E-state index contributed by atoms with van der Waals surface area (Å²) in [6.07, 6.45) is 2.86. The van der Waals surface area contributed by atoms with E-state index in [2.05, 4.69) is 58.5 Å².